The van der Waals surface area contributed by atoms with Crippen LogP contribution in [0.4, 0.5) is 4.39 Å². The van der Waals surface area contributed by atoms with Crippen molar-refractivity contribution < 1.29 is 19.0 Å². The van der Waals surface area contributed by atoms with Gasteiger partial charge in [-0.1, -0.05) is 12.1 Å². The zero-order chi connectivity index (χ0) is 15.3. The van der Waals surface area contributed by atoms with Crippen LogP contribution in [-0.4, -0.2) is 40.7 Å². The van der Waals surface area contributed by atoms with Gasteiger partial charge < -0.3 is 14.7 Å². The molecule has 1 amide bonds. The summed E-state index contributed by atoms with van der Waals surface area (Å²) in [6.07, 6.45) is -0.811. The van der Waals surface area contributed by atoms with E-state index in [-0.39, 0.29) is 18.2 Å². The largest absolute Gasteiger partial charge is 0.478 e. The minimum Gasteiger partial charge on any atom is -0.478 e. The first-order valence-electron chi connectivity index (χ1n) is 6.67. The van der Waals surface area contributed by atoms with Crippen LogP contribution in [0.2, 0.25) is 0 Å². The lowest BCUT2D eigenvalue weighted by molar-refractivity contribution is -0.140. The molecule has 0 fully saturated rings. The quantitative estimate of drug-likeness (QED) is 0.871. The molecule has 112 valence electrons. The van der Waals surface area contributed by atoms with Crippen molar-refractivity contribution in [3.05, 3.63) is 30.1 Å². The highest BCUT2D eigenvalue weighted by Crippen LogP contribution is 2.18. The van der Waals surface area contributed by atoms with Gasteiger partial charge in [0, 0.05) is 13.1 Å². The Morgan fingerprint density at radius 2 is 2.05 bits per heavy atom. The smallest absolute Gasteiger partial charge is 0.263 e. The number of rotatable bonds is 6. The van der Waals surface area contributed by atoms with E-state index in [9.17, 15) is 14.3 Å². The number of carbonyl (C=O) groups excluding carboxylic acids is 1. The Morgan fingerprint density at radius 1 is 1.45 bits per heavy atom. The van der Waals surface area contributed by atoms with Crippen molar-refractivity contribution in [3.8, 4) is 5.75 Å². The molecule has 1 atom stereocenters. The number of hydrogen-bond acceptors (Lipinski definition) is 3. The lowest BCUT2D eigenvalue weighted by atomic mass is 10.1. The molecule has 0 bridgehead atoms. The van der Waals surface area contributed by atoms with Crippen LogP contribution in [0.25, 0.3) is 0 Å². The molecule has 0 aromatic heterocycles. The predicted octanol–water partition coefficient (Wildman–Crippen LogP) is 2.21. The molecule has 0 aliphatic carbocycles. The molecule has 1 N–H and O–H groups in total. The van der Waals surface area contributed by atoms with Gasteiger partial charge >= 0.3 is 0 Å². The van der Waals surface area contributed by atoms with Crippen molar-refractivity contribution in [2.75, 3.05) is 13.1 Å². The van der Waals surface area contributed by atoms with Crippen LogP contribution in [0.5, 0.6) is 5.75 Å². The molecule has 1 aromatic carbocycles. The lowest BCUT2D eigenvalue weighted by Crippen LogP contribution is -2.47. The van der Waals surface area contributed by atoms with Crippen LogP contribution in [0.3, 0.4) is 0 Å². The van der Waals surface area contributed by atoms with E-state index in [1.165, 1.54) is 17.0 Å². The van der Waals surface area contributed by atoms with Crippen LogP contribution in [0, 0.1) is 5.82 Å². The van der Waals surface area contributed by atoms with E-state index >= 15 is 0 Å². The Morgan fingerprint density at radius 3 is 2.55 bits per heavy atom. The molecule has 0 aliphatic heterocycles. The van der Waals surface area contributed by atoms with E-state index in [4.69, 9.17) is 4.74 Å². The number of carbonyl (C=O) groups is 1. The average molecular weight is 283 g/mol. The Kier molecular flexibility index (Phi) is 5.51. The molecule has 4 nitrogen and oxygen atoms in total. The highest BCUT2D eigenvalue weighted by atomic mass is 19.1. The fourth-order valence-electron chi connectivity index (χ4n) is 1.85. The van der Waals surface area contributed by atoms with Gasteiger partial charge in [0.05, 0.1) is 5.60 Å². The zero-order valence-corrected chi connectivity index (χ0v) is 12.4. The standard InChI is InChI=1S/C15H22FNO3/c1-5-17(10-15(3,4)19)14(18)11(2)20-13-9-7-6-8-12(13)16/h6-9,11,19H,5,10H2,1-4H3. The van der Waals surface area contributed by atoms with E-state index < -0.39 is 17.5 Å². The second-order valence-electron chi connectivity index (χ2n) is 5.36. The van der Waals surface area contributed by atoms with Crippen LogP contribution in [0.1, 0.15) is 27.7 Å². The van der Waals surface area contributed by atoms with E-state index in [0.29, 0.717) is 6.54 Å². The highest BCUT2D eigenvalue weighted by molar-refractivity contribution is 5.81. The van der Waals surface area contributed by atoms with Crippen molar-refractivity contribution in [2.24, 2.45) is 0 Å². The van der Waals surface area contributed by atoms with Crippen LogP contribution in [-0.2, 0) is 4.79 Å². The van der Waals surface area contributed by atoms with E-state index in [2.05, 4.69) is 0 Å². The normalized spacial score (nSPS) is 12.9. The fourth-order valence-corrected chi connectivity index (χ4v) is 1.85. The molecule has 1 rings (SSSR count). The molecule has 0 radical (unpaired) electrons. The highest BCUT2D eigenvalue weighted by Gasteiger charge is 2.26. The van der Waals surface area contributed by atoms with Crippen molar-refractivity contribution in [1.29, 1.82) is 0 Å². The Balaban J connectivity index is 2.73. The third kappa shape index (κ3) is 4.81. The van der Waals surface area contributed by atoms with E-state index in [1.807, 2.05) is 6.92 Å². The third-order valence-corrected chi connectivity index (χ3v) is 2.76. The van der Waals surface area contributed by atoms with Gasteiger partial charge in [0.1, 0.15) is 0 Å². The summed E-state index contributed by atoms with van der Waals surface area (Å²) in [5.41, 5.74) is -0.983. The summed E-state index contributed by atoms with van der Waals surface area (Å²) in [4.78, 5) is 13.7. The molecule has 0 aliphatic rings. The maximum absolute atomic E-state index is 13.5. The van der Waals surface area contributed by atoms with Crippen LogP contribution < -0.4 is 4.74 Å². The first-order chi connectivity index (χ1) is 9.24. The number of nitrogens with zero attached hydrogens (tertiary/aromatic N) is 1. The molecule has 1 unspecified atom stereocenters. The number of halogens is 1. The molecule has 0 heterocycles. The number of aliphatic hydroxyl groups is 1. The first kappa shape index (κ1) is 16.4. The van der Waals surface area contributed by atoms with E-state index in [0.717, 1.165) is 0 Å². The number of benzene rings is 1. The summed E-state index contributed by atoms with van der Waals surface area (Å²) in [6.45, 7) is 7.30. The van der Waals surface area contributed by atoms with Crippen LogP contribution in [0.15, 0.2) is 24.3 Å². The minimum absolute atomic E-state index is 0.0488. The molecule has 0 spiro atoms. The molecule has 20 heavy (non-hydrogen) atoms. The summed E-state index contributed by atoms with van der Waals surface area (Å²) in [5.74, 6) is -0.733. The molecule has 0 saturated heterocycles. The summed E-state index contributed by atoms with van der Waals surface area (Å²) >= 11 is 0. The number of amides is 1. The molecular formula is C15H22FNO3. The monoisotopic (exact) mass is 283 g/mol. The topological polar surface area (TPSA) is 49.8 Å². The van der Waals surface area contributed by atoms with Gasteiger partial charge in [-0.15, -0.1) is 0 Å². The lowest BCUT2D eigenvalue weighted by Gasteiger charge is -2.30. The number of likely N-dealkylation sites (N-methyl/N-ethyl adjacent to an activating group) is 1. The maximum Gasteiger partial charge on any atom is 0.263 e. The summed E-state index contributed by atoms with van der Waals surface area (Å²) in [5, 5.41) is 9.79. The van der Waals surface area contributed by atoms with Crippen molar-refractivity contribution in [1.82, 2.24) is 4.90 Å². The molecule has 0 saturated carbocycles. The van der Waals surface area contributed by atoms with Gasteiger partial charge in [-0.05, 0) is 39.8 Å². The number of hydrogen-bond donors (Lipinski definition) is 1. The second kappa shape index (κ2) is 6.70. The van der Waals surface area contributed by atoms with E-state index in [1.54, 1.807) is 32.9 Å². The van der Waals surface area contributed by atoms with Gasteiger partial charge in [0.2, 0.25) is 0 Å². The molecule has 1 aromatic rings. The van der Waals surface area contributed by atoms with Crippen LogP contribution >= 0.6 is 0 Å². The van der Waals surface area contributed by atoms with Gasteiger partial charge in [-0.25, -0.2) is 4.39 Å². The Hall–Kier alpha value is -1.62. The number of ether oxygens (including phenoxy) is 1. The van der Waals surface area contributed by atoms with Crippen molar-refractivity contribution in [3.63, 3.8) is 0 Å². The predicted molar refractivity (Wildman–Crippen MR) is 75.0 cm³/mol. The third-order valence-electron chi connectivity index (χ3n) is 2.76. The van der Waals surface area contributed by atoms with Gasteiger partial charge in [0.25, 0.3) is 5.91 Å². The summed E-state index contributed by atoms with van der Waals surface area (Å²) < 4.78 is 18.8. The van der Waals surface area contributed by atoms with Crippen molar-refractivity contribution in [2.45, 2.75) is 39.4 Å². The van der Waals surface area contributed by atoms with Crippen molar-refractivity contribution >= 4 is 5.91 Å². The SMILES string of the molecule is CCN(CC(C)(C)O)C(=O)C(C)Oc1ccccc1F. The summed E-state index contributed by atoms with van der Waals surface area (Å²) in [6, 6.07) is 5.96. The first-order valence-corrected chi connectivity index (χ1v) is 6.67. The second-order valence-corrected chi connectivity index (χ2v) is 5.36. The van der Waals surface area contributed by atoms with Gasteiger partial charge in [0.15, 0.2) is 17.7 Å². The molecule has 5 heteroatoms. The van der Waals surface area contributed by atoms with Gasteiger partial charge in [-0.3, -0.25) is 4.79 Å². The Labute approximate surface area is 119 Å². The molecular weight excluding hydrogens is 261 g/mol. The zero-order valence-electron chi connectivity index (χ0n) is 12.4. The minimum atomic E-state index is -0.983. The maximum atomic E-state index is 13.5. The van der Waals surface area contributed by atoms with Gasteiger partial charge in [-0.2, -0.15) is 0 Å². The average Bonchev–Trinajstić information content (AvgIpc) is 2.36. The summed E-state index contributed by atoms with van der Waals surface area (Å²) in [7, 11) is 0. The Bertz CT molecular complexity index is 457. The number of para-hydroxylation sites is 1. The fraction of sp³-hybridized carbons (Fsp3) is 0.533.